The molecule has 17 heavy (non-hydrogen) atoms. The Bertz CT molecular complexity index is 490. The van der Waals surface area contributed by atoms with Crippen molar-refractivity contribution in [2.45, 2.75) is 18.8 Å². The lowest BCUT2D eigenvalue weighted by Crippen LogP contribution is -2.15. The minimum Gasteiger partial charge on any atom is -0.493 e. The fourth-order valence-electron chi connectivity index (χ4n) is 2.53. The molecule has 0 aromatic heterocycles. The van der Waals surface area contributed by atoms with Gasteiger partial charge in [-0.3, -0.25) is 0 Å². The molecule has 0 amide bonds. The van der Waals surface area contributed by atoms with Gasteiger partial charge >= 0.3 is 0 Å². The van der Waals surface area contributed by atoms with Crippen molar-refractivity contribution in [2.75, 3.05) is 6.61 Å². The minimum absolute atomic E-state index is 0.599. The standard InChI is InChI=1S/C16H16O/c1-2-6-13(7-3-1)12-14-10-11-17-16-9-5-4-8-15(14)16/h1-9,14H,10-12H2. The van der Waals surface area contributed by atoms with Gasteiger partial charge in [-0.15, -0.1) is 0 Å². The summed E-state index contributed by atoms with van der Waals surface area (Å²) >= 11 is 0. The number of benzene rings is 2. The van der Waals surface area contributed by atoms with Gasteiger partial charge in [0.25, 0.3) is 0 Å². The zero-order valence-electron chi connectivity index (χ0n) is 9.80. The molecule has 1 heterocycles. The van der Waals surface area contributed by atoms with Gasteiger partial charge in [-0.2, -0.15) is 0 Å². The van der Waals surface area contributed by atoms with Gasteiger partial charge in [0.05, 0.1) is 6.61 Å². The van der Waals surface area contributed by atoms with Gasteiger partial charge < -0.3 is 4.74 Å². The van der Waals surface area contributed by atoms with Crippen molar-refractivity contribution < 1.29 is 4.74 Å². The second-order valence-electron chi connectivity index (χ2n) is 4.56. The Labute approximate surface area is 102 Å². The Morgan fingerprint density at radius 3 is 2.59 bits per heavy atom. The Kier molecular flexibility index (Phi) is 2.83. The zero-order valence-corrected chi connectivity index (χ0v) is 9.80. The van der Waals surface area contributed by atoms with Crippen LogP contribution >= 0.6 is 0 Å². The van der Waals surface area contributed by atoms with E-state index in [2.05, 4.69) is 48.5 Å². The number of rotatable bonds is 2. The van der Waals surface area contributed by atoms with Crippen LogP contribution in [0, 0.1) is 0 Å². The maximum Gasteiger partial charge on any atom is 0.122 e. The summed E-state index contributed by atoms with van der Waals surface area (Å²) in [5.74, 6) is 1.67. The molecule has 2 aromatic rings. The molecule has 1 unspecified atom stereocenters. The summed E-state index contributed by atoms with van der Waals surface area (Å²) in [5, 5.41) is 0. The first-order valence-electron chi connectivity index (χ1n) is 6.19. The second-order valence-corrected chi connectivity index (χ2v) is 4.56. The number of ether oxygens (including phenoxy) is 1. The van der Waals surface area contributed by atoms with Crippen molar-refractivity contribution in [2.24, 2.45) is 0 Å². The SMILES string of the molecule is c1ccc(CC2CCOc3ccccc32)cc1. The smallest absolute Gasteiger partial charge is 0.122 e. The normalized spacial score (nSPS) is 18.2. The maximum absolute atomic E-state index is 5.69. The molecule has 0 N–H and O–H groups in total. The molecule has 0 spiro atoms. The monoisotopic (exact) mass is 224 g/mol. The lowest BCUT2D eigenvalue weighted by molar-refractivity contribution is 0.266. The predicted molar refractivity (Wildman–Crippen MR) is 69.4 cm³/mol. The summed E-state index contributed by atoms with van der Waals surface area (Å²) in [7, 11) is 0. The van der Waals surface area contributed by atoms with Crippen LogP contribution in [0.4, 0.5) is 0 Å². The van der Waals surface area contributed by atoms with E-state index in [1.54, 1.807) is 0 Å². The molecule has 3 rings (SSSR count). The summed E-state index contributed by atoms with van der Waals surface area (Å²) in [6.45, 7) is 0.842. The van der Waals surface area contributed by atoms with E-state index < -0.39 is 0 Å². The molecule has 1 aliphatic heterocycles. The molecule has 1 nitrogen and oxygen atoms in total. The first-order valence-corrected chi connectivity index (χ1v) is 6.19. The molecule has 0 saturated carbocycles. The average molecular weight is 224 g/mol. The molecule has 0 fully saturated rings. The highest BCUT2D eigenvalue weighted by Gasteiger charge is 2.20. The molecule has 0 aliphatic carbocycles. The van der Waals surface area contributed by atoms with Gasteiger partial charge in [0.1, 0.15) is 5.75 Å². The second kappa shape index (κ2) is 4.62. The van der Waals surface area contributed by atoms with Crippen LogP contribution in [-0.2, 0) is 6.42 Å². The molecule has 1 aliphatic rings. The third-order valence-corrected chi connectivity index (χ3v) is 3.41. The molecule has 1 atom stereocenters. The highest BCUT2D eigenvalue weighted by molar-refractivity contribution is 5.38. The highest BCUT2D eigenvalue weighted by atomic mass is 16.5. The Hall–Kier alpha value is -1.76. The van der Waals surface area contributed by atoms with Gasteiger partial charge in [-0.1, -0.05) is 48.5 Å². The maximum atomic E-state index is 5.69. The van der Waals surface area contributed by atoms with Gasteiger partial charge in [0, 0.05) is 0 Å². The number of fused-ring (bicyclic) bond motifs is 1. The van der Waals surface area contributed by atoms with Crippen molar-refractivity contribution >= 4 is 0 Å². The summed E-state index contributed by atoms with van der Waals surface area (Å²) in [5.41, 5.74) is 2.77. The van der Waals surface area contributed by atoms with Crippen molar-refractivity contribution in [3.05, 3.63) is 65.7 Å². The molecule has 0 bridgehead atoms. The van der Waals surface area contributed by atoms with E-state index in [9.17, 15) is 0 Å². The summed E-state index contributed by atoms with van der Waals surface area (Å²) in [6.07, 6.45) is 2.23. The van der Waals surface area contributed by atoms with Crippen LogP contribution in [0.5, 0.6) is 5.75 Å². The van der Waals surface area contributed by atoms with Crippen molar-refractivity contribution in [3.63, 3.8) is 0 Å². The van der Waals surface area contributed by atoms with E-state index >= 15 is 0 Å². The van der Waals surface area contributed by atoms with Gasteiger partial charge in [-0.25, -0.2) is 0 Å². The molecule has 86 valence electrons. The summed E-state index contributed by atoms with van der Waals surface area (Å²) < 4.78 is 5.69. The van der Waals surface area contributed by atoms with Crippen molar-refractivity contribution in [1.82, 2.24) is 0 Å². The first-order chi connectivity index (χ1) is 8.43. The summed E-state index contributed by atoms with van der Waals surface area (Å²) in [4.78, 5) is 0. The van der Waals surface area contributed by atoms with E-state index in [1.807, 2.05) is 6.07 Å². The predicted octanol–water partition coefficient (Wildman–Crippen LogP) is 3.80. The molecular formula is C16H16O. The fourth-order valence-corrected chi connectivity index (χ4v) is 2.53. The number of hydrogen-bond donors (Lipinski definition) is 0. The van der Waals surface area contributed by atoms with E-state index in [-0.39, 0.29) is 0 Å². The van der Waals surface area contributed by atoms with Crippen LogP contribution in [0.3, 0.4) is 0 Å². The van der Waals surface area contributed by atoms with Crippen LogP contribution in [-0.4, -0.2) is 6.61 Å². The van der Waals surface area contributed by atoms with Crippen molar-refractivity contribution in [1.29, 1.82) is 0 Å². The Morgan fingerprint density at radius 1 is 0.941 bits per heavy atom. The van der Waals surface area contributed by atoms with Crippen LogP contribution in [0.1, 0.15) is 23.5 Å². The zero-order chi connectivity index (χ0) is 11.5. The topological polar surface area (TPSA) is 9.23 Å². The number of para-hydroxylation sites is 1. The quantitative estimate of drug-likeness (QED) is 0.754. The van der Waals surface area contributed by atoms with Gasteiger partial charge in [-0.05, 0) is 36.0 Å². The van der Waals surface area contributed by atoms with Gasteiger partial charge in [0.15, 0.2) is 0 Å². The van der Waals surface area contributed by atoms with E-state index in [4.69, 9.17) is 4.74 Å². The molecule has 2 aromatic carbocycles. The third-order valence-electron chi connectivity index (χ3n) is 3.41. The average Bonchev–Trinajstić information content (AvgIpc) is 2.40. The van der Waals surface area contributed by atoms with Crippen molar-refractivity contribution in [3.8, 4) is 5.75 Å². The Morgan fingerprint density at radius 2 is 1.71 bits per heavy atom. The van der Waals surface area contributed by atoms with Crippen LogP contribution < -0.4 is 4.74 Å². The molecule has 0 saturated heterocycles. The first kappa shape index (κ1) is 10.4. The highest BCUT2D eigenvalue weighted by Crippen LogP contribution is 2.35. The van der Waals surface area contributed by atoms with Gasteiger partial charge in [0.2, 0.25) is 0 Å². The van der Waals surface area contributed by atoms with E-state index in [0.717, 1.165) is 25.2 Å². The van der Waals surface area contributed by atoms with Crippen LogP contribution in [0.15, 0.2) is 54.6 Å². The largest absolute Gasteiger partial charge is 0.493 e. The molecule has 1 heteroatoms. The van der Waals surface area contributed by atoms with Crippen LogP contribution in [0.2, 0.25) is 0 Å². The molecular weight excluding hydrogens is 208 g/mol. The molecule has 0 radical (unpaired) electrons. The fraction of sp³-hybridized carbons (Fsp3) is 0.250. The van der Waals surface area contributed by atoms with Crippen LogP contribution in [0.25, 0.3) is 0 Å². The third kappa shape index (κ3) is 2.19. The Balaban J connectivity index is 1.86. The van der Waals surface area contributed by atoms with E-state index in [1.165, 1.54) is 11.1 Å². The lowest BCUT2D eigenvalue weighted by Gasteiger charge is -2.25. The minimum atomic E-state index is 0.599. The summed E-state index contributed by atoms with van der Waals surface area (Å²) in [6, 6.07) is 19.1. The van der Waals surface area contributed by atoms with E-state index in [0.29, 0.717) is 5.92 Å². The number of hydrogen-bond acceptors (Lipinski definition) is 1. The lowest BCUT2D eigenvalue weighted by atomic mass is 9.87.